The molecule has 178 valence electrons. The number of thioether (sulfide) groups is 1. The molecule has 4 rings (SSSR count). The molecule has 1 aliphatic heterocycles. The van der Waals surface area contributed by atoms with Crippen molar-refractivity contribution < 1.29 is 28.2 Å². The summed E-state index contributed by atoms with van der Waals surface area (Å²) >= 11 is 12.7. The Labute approximate surface area is 214 Å². The van der Waals surface area contributed by atoms with E-state index in [9.17, 15) is 18.8 Å². The number of halogens is 3. The van der Waals surface area contributed by atoms with Gasteiger partial charge in [-0.2, -0.15) is 0 Å². The highest BCUT2D eigenvalue weighted by Crippen LogP contribution is 2.38. The van der Waals surface area contributed by atoms with Gasteiger partial charge in [-0.15, -0.1) is 0 Å². The molecule has 35 heavy (non-hydrogen) atoms. The van der Waals surface area contributed by atoms with Crippen LogP contribution in [-0.2, 0) is 11.3 Å². The number of amides is 2. The summed E-state index contributed by atoms with van der Waals surface area (Å²) in [5, 5.41) is 0.0682. The molecule has 0 aliphatic carbocycles. The van der Waals surface area contributed by atoms with Crippen LogP contribution >= 0.6 is 35.0 Å². The molecule has 1 saturated heterocycles. The Morgan fingerprint density at radius 1 is 1.09 bits per heavy atom. The van der Waals surface area contributed by atoms with Gasteiger partial charge in [0.25, 0.3) is 11.1 Å². The number of hydrogen-bond donors (Lipinski definition) is 0. The first-order chi connectivity index (χ1) is 16.8. The van der Waals surface area contributed by atoms with E-state index >= 15 is 0 Å². The second kappa shape index (κ2) is 10.5. The van der Waals surface area contributed by atoms with E-state index in [1.165, 1.54) is 37.5 Å². The summed E-state index contributed by atoms with van der Waals surface area (Å²) in [7, 11) is 1.42. The van der Waals surface area contributed by atoms with Crippen molar-refractivity contribution in [2.75, 3.05) is 7.11 Å². The molecule has 0 saturated carbocycles. The van der Waals surface area contributed by atoms with Gasteiger partial charge in [0.05, 0.1) is 24.1 Å². The predicted molar refractivity (Wildman–Crippen MR) is 132 cm³/mol. The lowest BCUT2D eigenvalue weighted by Gasteiger charge is -2.14. The number of ether oxygens (including phenoxy) is 2. The highest BCUT2D eigenvalue weighted by atomic mass is 35.5. The number of methoxy groups -OCH3 is 1. The quantitative estimate of drug-likeness (QED) is 0.203. The molecular formula is C25H16Cl2FNO5S. The van der Waals surface area contributed by atoms with Crippen LogP contribution in [-0.4, -0.2) is 29.1 Å². The molecule has 0 N–H and O–H groups in total. The van der Waals surface area contributed by atoms with Gasteiger partial charge in [-0.3, -0.25) is 14.5 Å². The number of nitrogens with zero attached hydrogens (tertiary/aromatic N) is 1. The van der Waals surface area contributed by atoms with Gasteiger partial charge >= 0.3 is 5.97 Å². The summed E-state index contributed by atoms with van der Waals surface area (Å²) in [6.45, 7) is -0.113. The van der Waals surface area contributed by atoms with Crippen molar-refractivity contribution in [1.82, 2.24) is 4.90 Å². The molecule has 0 bridgehead atoms. The first kappa shape index (κ1) is 24.8. The van der Waals surface area contributed by atoms with E-state index in [0.717, 1.165) is 22.7 Å². The smallest absolute Gasteiger partial charge is 0.343 e. The van der Waals surface area contributed by atoms with Crippen LogP contribution in [0.25, 0.3) is 6.08 Å². The fourth-order valence-electron chi connectivity index (χ4n) is 3.25. The van der Waals surface area contributed by atoms with E-state index in [2.05, 4.69) is 0 Å². The maximum atomic E-state index is 13.3. The standard InChI is InChI=1S/C25H16Cl2FNO5S/c1-33-20-4-2-3-15(22(20)34-24(31)14-5-8-17(26)9-6-14)11-21-23(30)29(25(32)35-21)13-16-7-10-18(28)12-19(16)27/h2-12H,13H2,1H3/b21-11-. The van der Waals surface area contributed by atoms with E-state index < -0.39 is 22.9 Å². The number of carbonyl (C=O) groups excluding carboxylic acids is 3. The first-order valence-electron chi connectivity index (χ1n) is 10.1. The largest absolute Gasteiger partial charge is 0.493 e. The van der Waals surface area contributed by atoms with Crippen molar-refractivity contribution in [3.8, 4) is 11.5 Å². The van der Waals surface area contributed by atoms with Crippen molar-refractivity contribution in [2.24, 2.45) is 0 Å². The van der Waals surface area contributed by atoms with E-state index in [1.807, 2.05) is 0 Å². The van der Waals surface area contributed by atoms with E-state index in [0.29, 0.717) is 16.1 Å². The maximum Gasteiger partial charge on any atom is 0.343 e. The van der Waals surface area contributed by atoms with Crippen molar-refractivity contribution in [1.29, 1.82) is 0 Å². The van der Waals surface area contributed by atoms with Crippen LogP contribution in [0.5, 0.6) is 11.5 Å². The third-order valence-electron chi connectivity index (χ3n) is 5.01. The van der Waals surface area contributed by atoms with Crippen molar-refractivity contribution in [2.45, 2.75) is 6.54 Å². The zero-order chi connectivity index (χ0) is 25.1. The van der Waals surface area contributed by atoms with Gasteiger partial charge in [0.2, 0.25) is 0 Å². The lowest BCUT2D eigenvalue weighted by atomic mass is 10.1. The second-order valence-corrected chi connectivity index (χ2v) is 9.12. The molecule has 0 aromatic heterocycles. The van der Waals surface area contributed by atoms with Gasteiger partial charge in [0.15, 0.2) is 11.5 Å². The highest BCUT2D eigenvalue weighted by Gasteiger charge is 2.35. The molecule has 1 heterocycles. The number of rotatable bonds is 6. The monoisotopic (exact) mass is 531 g/mol. The van der Waals surface area contributed by atoms with Gasteiger partial charge in [0, 0.05) is 15.6 Å². The van der Waals surface area contributed by atoms with Gasteiger partial charge in [0.1, 0.15) is 5.82 Å². The van der Waals surface area contributed by atoms with Gasteiger partial charge < -0.3 is 9.47 Å². The second-order valence-electron chi connectivity index (χ2n) is 7.28. The minimum atomic E-state index is -0.653. The van der Waals surface area contributed by atoms with Gasteiger partial charge in [-0.1, -0.05) is 41.4 Å². The number of benzene rings is 3. The summed E-state index contributed by atoms with van der Waals surface area (Å²) in [6.07, 6.45) is 1.45. The topological polar surface area (TPSA) is 72.9 Å². The van der Waals surface area contributed by atoms with Crippen LogP contribution in [0.1, 0.15) is 21.5 Å². The third-order valence-corrected chi connectivity index (χ3v) is 6.52. The van der Waals surface area contributed by atoms with Crippen LogP contribution in [0.4, 0.5) is 9.18 Å². The fourth-order valence-corrected chi connectivity index (χ4v) is 4.43. The Morgan fingerprint density at radius 3 is 2.51 bits per heavy atom. The molecule has 0 atom stereocenters. The molecule has 6 nitrogen and oxygen atoms in total. The van der Waals surface area contributed by atoms with Crippen LogP contribution < -0.4 is 9.47 Å². The van der Waals surface area contributed by atoms with Gasteiger partial charge in [-0.25, -0.2) is 9.18 Å². The molecule has 0 radical (unpaired) electrons. The minimum Gasteiger partial charge on any atom is -0.493 e. The number of hydrogen-bond acceptors (Lipinski definition) is 6. The van der Waals surface area contributed by atoms with Crippen LogP contribution in [0.2, 0.25) is 10.0 Å². The summed E-state index contributed by atoms with van der Waals surface area (Å²) in [5.74, 6) is -1.38. The average molecular weight is 532 g/mol. The predicted octanol–water partition coefficient (Wildman–Crippen LogP) is 6.60. The number of esters is 1. The Bertz CT molecular complexity index is 1360. The zero-order valence-corrected chi connectivity index (χ0v) is 20.4. The Hall–Kier alpha value is -3.33. The fraction of sp³-hybridized carbons (Fsp3) is 0.0800. The lowest BCUT2D eigenvalue weighted by molar-refractivity contribution is -0.123. The summed E-state index contributed by atoms with van der Waals surface area (Å²) in [4.78, 5) is 39.4. The molecular weight excluding hydrogens is 516 g/mol. The normalized spacial score (nSPS) is 14.5. The molecule has 1 fully saturated rings. The SMILES string of the molecule is COc1cccc(/C=C2\SC(=O)N(Cc3ccc(F)cc3Cl)C2=O)c1OC(=O)c1ccc(Cl)cc1. The van der Waals surface area contributed by atoms with Crippen molar-refractivity contribution >= 4 is 58.2 Å². The van der Waals surface area contributed by atoms with E-state index in [1.54, 1.807) is 30.3 Å². The number of imide groups is 1. The van der Waals surface area contributed by atoms with E-state index in [-0.39, 0.29) is 33.5 Å². The lowest BCUT2D eigenvalue weighted by Crippen LogP contribution is -2.27. The van der Waals surface area contributed by atoms with Crippen molar-refractivity contribution in [3.05, 3.63) is 98.1 Å². The van der Waals surface area contributed by atoms with Crippen LogP contribution in [0, 0.1) is 5.82 Å². The first-order valence-corrected chi connectivity index (χ1v) is 11.7. The third kappa shape index (κ3) is 5.51. The highest BCUT2D eigenvalue weighted by molar-refractivity contribution is 8.18. The zero-order valence-electron chi connectivity index (χ0n) is 18.1. The number of para-hydroxylation sites is 1. The molecule has 0 spiro atoms. The van der Waals surface area contributed by atoms with Gasteiger partial charge in [-0.05, 0) is 65.9 Å². The molecule has 3 aromatic carbocycles. The van der Waals surface area contributed by atoms with Crippen molar-refractivity contribution in [3.63, 3.8) is 0 Å². The Kier molecular flexibility index (Phi) is 7.45. The summed E-state index contributed by atoms with van der Waals surface area (Å²) in [5.41, 5.74) is 1.05. The number of carbonyl (C=O) groups is 3. The molecule has 1 aliphatic rings. The maximum absolute atomic E-state index is 13.3. The van der Waals surface area contributed by atoms with Crippen LogP contribution in [0.3, 0.4) is 0 Å². The molecule has 3 aromatic rings. The summed E-state index contributed by atoms with van der Waals surface area (Å²) < 4.78 is 24.3. The average Bonchev–Trinajstić information content (AvgIpc) is 3.09. The summed E-state index contributed by atoms with van der Waals surface area (Å²) in [6, 6.07) is 14.8. The van der Waals surface area contributed by atoms with E-state index in [4.69, 9.17) is 32.7 Å². The van der Waals surface area contributed by atoms with Crippen LogP contribution in [0.15, 0.2) is 65.6 Å². The minimum absolute atomic E-state index is 0.0864. The molecule has 10 heteroatoms. The Morgan fingerprint density at radius 2 is 1.83 bits per heavy atom. The molecule has 0 unspecified atom stereocenters. The Balaban J connectivity index is 1.62. The molecule has 2 amide bonds.